The van der Waals surface area contributed by atoms with Crippen LogP contribution in [0.15, 0.2) is 34.2 Å². The fourth-order valence-corrected chi connectivity index (χ4v) is 4.92. The molecule has 5 rings (SSSR count). The van der Waals surface area contributed by atoms with Gasteiger partial charge in [-0.25, -0.2) is 8.42 Å². The molecule has 2 aromatic rings. The number of anilines is 2. The largest absolute Gasteiger partial charge is 0.353 e. The van der Waals surface area contributed by atoms with E-state index in [1.54, 1.807) is 6.07 Å². The maximum absolute atomic E-state index is 12.5. The van der Waals surface area contributed by atoms with Gasteiger partial charge in [0.25, 0.3) is 0 Å². The van der Waals surface area contributed by atoms with Gasteiger partial charge in [0.1, 0.15) is 11.5 Å². The van der Waals surface area contributed by atoms with Gasteiger partial charge in [-0.1, -0.05) is 6.07 Å². The van der Waals surface area contributed by atoms with E-state index >= 15 is 0 Å². The highest BCUT2D eigenvalue weighted by molar-refractivity contribution is 7.90. The zero-order valence-corrected chi connectivity index (χ0v) is 18.1. The van der Waals surface area contributed by atoms with Crippen LogP contribution in [-0.4, -0.2) is 31.2 Å². The number of Topliss-reactive ketones (excluding diaryl/α,β-unsaturated/α-hetero) is 1. The number of carbonyl (C=O) groups excluding carboxylic acids is 1. The first kappa shape index (κ1) is 19.4. The molecule has 3 aliphatic rings. The van der Waals surface area contributed by atoms with Crippen LogP contribution in [0.25, 0.3) is 0 Å². The van der Waals surface area contributed by atoms with Crippen molar-refractivity contribution in [2.75, 3.05) is 11.6 Å². The third kappa shape index (κ3) is 3.90. The Hall–Kier alpha value is -2.54. The SMILES string of the molecule is CC1=Nc2c(Nc3ccc(C4CC4)cc3S(C)(=O)=O)cc(CC(=O)C3CC3)nc2C1. The van der Waals surface area contributed by atoms with E-state index in [0.717, 1.165) is 48.3 Å². The molecule has 1 aliphatic heterocycles. The van der Waals surface area contributed by atoms with Gasteiger partial charge in [0, 0.05) is 30.7 Å². The summed E-state index contributed by atoms with van der Waals surface area (Å²) < 4.78 is 25.0. The van der Waals surface area contributed by atoms with E-state index in [9.17, 15) is 13.2 Å². The van der Waals surface area contributed by atoms with E-state index in [0.29, 0.717) is 40.7 Å². The minimum absolute atomic E-state index is 0.182. The lowest BCUT2D eigenvalue weighted by Crippen LogP contribution is -2.09. The van der Waals surface area contributed by atoms with Crippen LogP contribution in [0.3, 0.4) is 0 Å². The lowest BCUT2D eigenvalue weighted by molar-refractivity contribution is -0.119. The van der Waals surface area contributed by atoms with Crippen molar-refractivity contribution in [2.24, 2.45) is 10.9 Å². The van der Waals surface area contributed by atoms with Crippen LogP contribution >= 0.6 is 0 Å². The van der Waals surface area contributed by atoms with Gasteiger partial charge in [-0.05, 0) is 62.3 Å². The van der Waals surface area contributed by atoms with Crippen LogP contribution in [-0.2, 0) is 27.5 Å². The third-order valence-electron chi connectivity index (χ3n) is 5.96. The molecule has 30 heavy (non-hydrogen) atoms. The number of rotatable bonds is 7. The number of hydrogen-bond acceptors (Lipinski definition) is 6. The van der Waals surface area contributed by atoms with Crippen LogP contribution in [0.4, 0.5) is 17.1 Å². The second-order valence-electron chi connectivity index (χ2n) is 8.82. The molecule has 1 aromatic carbocycles. The first-order chi connectivity index (χ1) is 14.3. The molecule has 2 aliphatic carbocycles. The van der Waals surface area contributed by atoms with E-state index in [1.807, 2.05) is 25.1 Å². The first-order valence-corrected chi connectivity index (χ1v) is 12.4. The summed E-state index contributed by atoms with van der Waals surface area (Å²) in [6.07, 6.45) is 6.37. The maximum Gasteiger partial charge on any atom is 0.177 e. The maximum atomic E-state index is 12.5. The minimum Gasteiger partial charge on any atom is -0.353 e. The minimum atomic E-state index is -3.41. The van der Waals surface area contributed by atoms with E-state index in [2.05, 4.69) is 15.3 Å². The predicted molar refractivity (Wildman–Crippen MR) is 117 cm³/mol. The number of benzene rings is 1. The molecule has 2 fully saturated rings. The van der Waals surface area contributed by atoms with E-state index < -0.39 is 9.84 Å². The molecule has 1 N–H and O–H groups in total. The molecule has 0 amide bonds. The quantitative estimate of drug-likeness (QED) is 0.718. The van der Waals surface area contributed by atoms with Crippen molar-refractivity contribution < 1.29 is 13.2 Å². The van der Waals surface area contributed by atoms with Crippen molar-refractivity contribution in [2.45, 2.75) is 56.3 Å². The molecule has 0 unspecified atom stereocenters. The number of nitrogens with zero attached hydrogens (tertiary/aromatic N) is 2. The zero-order valence-electron chi connectivity index (χ0n) is 17.2. The first-order valence-electron chi connectivity index (χ1n) is 10.5. The number of fused-ring (bicyclic) bond motifs is 1. The van der Waals surface area contributed by atoms with Gasteiger partial charge >= 0.3 is 0 Å². The summed E-state index contributed by atoms with van der Waals surface area (Å²) in [7, 11) is -3.41. The van der Waals surface area contributed by atoms with Crippen LogP contribution in [0.5, 0.6) is 0 Å². The highest BCUT2D eigenvalue weighted by Gasteiger charge is 2.30. The van der Waals surface area contributed by atoms with Crippen LogP contribution in [0.1, 0.15) is 55.5 Å². The lowest BCUT2D eigenvalue weighted by Gasteiger charge is -2.15. The summed E-state index contributed by atoms with van der Waals surface area (Å²) in [6, 6.07) is 7.49. The number of carbonyl (C=O) groups is 1. The summed E-state index contributed by atoms with van der Waals surface area (Å²) in [6.45, 7) is 1.95. The van der Waals surface area contributed by atoms with E-state index in [4.69, 9.17) is 0 Å². The molecule has 0 saturated heterocycles. The Bertz CT molecular complexity index is 1190. The van der Waals surface area contributed by atoms with Gasteiger partial charge in [0.15, 0.2) is 9.84 Å². The second-order valence-corrected chi connectivity index (χ2v) is 10.8. The highest BCUT2D eigenvalue weighted by Crippen LogP contribution is 2.43. The number of aliphatic imine (C=N–C) groups is 1. The van der Waals surface area contributed by atoms with E-state index in [-0.39, 0.29) is 11.7 Å². The molecular weight excluding hydrogens is 398 g/mol. The molecular formula is C23H25N3O3S. The normalized spacial score (nSPS) is 18.1. The smallest absolute Gasteiger partial charge is 0.177 e. The van der Waals surface area contributed by atoms with Crippen LogP contribution in [0.2, 0.25) is 0 Å². The Balaban J connectivity index is 1.54. The fourth-order valence-electron chi connectivity index (χ4n) is 4.05. The number of nitrogens with one attached hydrogen (secondary N) is 1. The van der Waals surface area contributed by atoms with Gasteiger partial charge in [-0.15, -0.1) is 0 Å². The molecule has 6 nitrogen and oxygen atoms in total. The summed E-state index contributed by atoms with van der Waals surface area (Å²) in [5.41, 5.74) is 5.57. The monoisotopic (exact) mass is 423 g/mol. The standard InChI is InChI=1S/C23H25N3O3S/c1-13-9-19-23(24-13)20(11-17(25-19)12-21(27)15-5-6-15)26-18-8-7-16(14-3-4-14)10-22(18)30(2,28)29/h7-8,10-11,14-15H,3-6,9,12H2,1-2H3,(H,25,26). The Morgan fingerprint density at radius 1 is 1.13 bits per heavy atom. The molecule has 7 heteroatoms. The van der Waals surface area contributed by atoms with Crippen LogP contribution in [0, 0.1) is 5.92 Å². The van der Waals surface area contributed by atoms with E-state index in [1.165, 1.54) is 6.26 Å². The number of hydrogen-bond donors (Lipinski definition) is 1. The summed E-state index contributed by atoms with van der Waals surface area (Å²) in [4.78, 5) is 21.9. The van der Waals surface area contributed by atoms with Gasteiger partial charge in [-0.3, -0.25) is 14.8 Å². The molecule has 1 aromatic heterocycles. The molecule has 0 bridgehead atoms. The fraction of sp³-hybridized carbons (Fsp3) is 0.435. The lowest BCUT2D eigenvalue weighted by atomic mass is 10.1. The number of ketones is 1. The van der Waals surface area contributed by atoms with Crippen molar-refractivity contribution in [1.82, 2.24) is 4.98 Å². The van der Waals surface area contributed by atoms with Crippen molar-refractivity contribution in [1.29, 1.82) is 0 Å². The Kier molecular flexibility index (Phi) is 4.54. The molecule has 2 saturated carbocycles. The Labute approximate surface area is 176 Å². The molecule has 156 valence electrons. The Morgan fingerprint density at radius 2 is 1.90 bits per heavy atom. The van der Waals surface area contributed by atoms with Crippen LogP contribution < -0.4 is 5.32 Å². The van der Waals surface area contributed by atoms with Crippen molar-refractivity contribution in [3.63, 3.8) is 0 Å². The van der Waals surface area contributed by atoms with Gasteiger partial charge in [0.2, 0.25) is 0 Å². The second kappa shape index (κ2) is 7.01. The molecule has 0 radical (unpaired) electrons. The van der Waals surface area contributed by atoms with Gasteiger partial charge in [0.05, 0.1) is 27.7 Å². The molecule has 2 heterocycles. The Morgan fingerprint density at radius 3 is 2.57 bits per heavy atom. The summed E-state index contributed by atoms with van der Waals surface area (Å²) in [5.74, 6) is 0.882. The summed E-state index contributed by atoms with van der Waals surface area (Å²) in [5, 5.41) is 3.31. The number of sulfone groups is 1. The molecule has 0 spiro atoms. The summed E-state index contributed by atoms with van der Waals surface area (Å²) >= 11 is 0. The zero-order chi connectivity index (χ0) is 21.0. The molecule has 0 atom stereocenters. The van der Waals surface area contributed by atoms with Crippen molar-refractivity contribution in [3.8, 4) is 0 Å². The van der Waals surface area contributed by atoms with Gasteiger partial charge < -0.3 is 5.32 Å². The average molecular weight is 424 g/mol. The van der Waals surface area contributed by atoms with Crippen molar-refractivity contribution >= 4 is 38.4 Å². The van der Waals surface area contributed by atoms with Gasteiger partial charge in [-0.2, -0.15) is 0 Å². The topological polar surface area (TPSA) is 88.5 Å². The highest BCUT2D eigenvalue weighted by atomic mass is 32.2. The predicted octanol–water partition coefficient (Wildman–Crippen LogP) is 4.28. The number of pyridine rings is 1. The third-order valence-corrected chi connectivity index (χ3v) is 7.09. The average Bonchev–Trinajstić information content (AvgIpc) is 3.58. The van der Waals surface area contributed by atoms with Crippen molar-refractivity contribution in [3.05, 3.63) is 41.2 Å². The number of aromatic nitrogens is 1.